The maximum absolute atomic E-state index is 13.3. The molecule has 2 atom stereocenters. The van der Waals surface area contributed by atoms with Gasteiger partial charge in [-0.3, -0.25) is 4.79 Å². The van der Waals surface area contributed by atoms with Crippen LogP contribution < -0.4 is 10.6 Å². The molecular formula is C24H32BrN3O2. The minimum Gasteiger partial charge on any atom is -0.326 e. The Balaban J connectivity index is 1.21. The van der Waals surface area contributed by atoms with Gasteiger partial charge in [-0.2, -0.15) is 0 Å². The van der Waals surface area contributed by atoms with Gasteiger partial charge in [-0.25, -0.2) is 4.79 Å². The zero-order chi connectivity index (χ0) is 20.8. The summed E-state index contributed by atoms with van der Waals surface area (Å²) in [5.74, 6) is 1.56. The molecule has 2 N–H and O–H groups in total. The van der Waals surface area contributed by atoms with Crippen LogP contribution in [0.4, 0.5) is 16.2 Å². The van der Waals surface area contributed by atoms with Crippen molar-refractivity contribution in [3.05, 3.63) is 24.3 Å². The van der Waals surface area contributed by atoms with Gasteiger partial charge in [-0.15, -0.1) is 0 Å². The van der Waals surface area contributed by atoms with Crippen LogP contribution in [0.2, 0.25) is 0 Å². The second kappa shape index (κ2) is 7.85. The van der Waals surface area contributed by atoms with Crippen LogP contribution >= 0.6 is 15.9 Å². The fourth-order valence-electron chi connectivity index (χ4n) is 6.79. The monoisotopic (exact) mass is 473 g/mol. The lowest BCUT2D eigenvalue weighted by molar-refractivity contribution is -0.138. The Morgan fingerprint density at radius 1 is 0.867 bits per heavy atom. The molecule has 6 heteroatoms. The van der Waals surface area contributed by atoms with Crippen molar-refractivity contribution in [2.75, 3.05) is 23.7 Å². The summed E-state index contributed by atoms with van der Waals surface area (Å²) in [6, 6.07) is 7.55. The van der Waals surface area contributed by atoms with Crippen molar-refractivity contribution >= 4 is 39.2 Å². The van der Waals surface area contributed by atoms with Crippen LogP contribution in [0, 0.1) is 17.3 Å². The molecule has 0 aromatic heterocycles. The summed E-state index contributed by atoms with van der Waals surface area (Å²) < 4.78 is 0.176. The standard InChI is InChI=1S/C24H32BrN3O2/c25-24-14-17-11-18(15-24)13-23(12-17,16-24)21(29)26-19-5-7-20(8-6-19)27-22(30)28-9-3-1-2-4-10-28/h5-8,17-18H,1-4,9-16H2,(H,26,29)(H,27,30). The molecule has 1 heterocycles. The average Bonchev–Trinajstić information content (AvgIpc) is 2.97. The average molecular weight is 474 g/mol. The number of hydrogen-bond donors (Lipinski definition) is 2. The molecule has 5 fully saturated rings. The van der Waals surface area contributed by atoms with Crippen LogP contribution in [0.15, 0.2) is 24.3 Å². The Kier molecular flexibility index (Phi) is 5.32. The predicted molar refractivity (Wildman–Crippen MR) is 123 cm³/mol. The number of alkyl halides is 1. The van der Waals surface area contributed by atoms with Crippen LogP contribution in [-0.4, -0.2) is 34.3 Å². The second-order valence-corrected chi connectivity index (χ2v) is 11.9. The van der Waals surface area contributed by atoms with Crippen molar-refractivity contribution in [1.82, 2.24) is 4.90 Å². The molecule has 162 valence electrons. The highest BCUT2D eigenvalue weighted by molar-refractivity contribution is 9.10. The third-order valence-electron chi connectivity index (χ3n) is 7.76. The van der Waals surface area contributed by atoms with Gasteiger partial charge in [0.05, 0.1) is 5.41 Å². The van der Waals surface area contributed by atoms with E-state index in [-0.39, 0.29) is 21.7 Å². The van der Waals surface area contributed by atoms with E-state index in [2.05, 4.69) is 26.6 Å². The van der Waals surface area contributed by atoms with Gasteiger partial charge in [0, 0.05) is 28.8 Å². The number of urea groups is 1. The zero-order valence-corrected chi connectivity index (χ0v) is 19.2. The van der Waals surface area contributed by atoms with Gasteiger partial charge < -0.3 is 15.5 Å². The van der Waals surface area contributed by atoms with Gasteiger partial charge in [0.25, 0.3) is 0 Å². The molecule has 30 heavy (non-hydrogen) atoms. The van der Waals surface area contributed by atoms with Crippen LogP contribution in [0.25, 0.3) is 0 Å². The first-order chi connectivity index (χ1) is 14.4. The Hall–Kier alpha value is -1.56. The molecule has 3 amide bonds. The summed E-state index contributed by atoms with van der Waals surface area (Å²) >= 11 is 3.99. The Morgan fingerprint density at radius 2 is 1.43 bits per heavy atom. The van der Waals surface area contributed by atoms with Crippen molar-refractivity contribution in [1.29, 1.82) is 0 Å². The maximum Gasteiger partial charge on any atom is 0.321 e. The van der Waals surface area contributed by atoms with E-state index >= 15 is 0 Å². The number of nitrogens with zero attached hydrogens (tertiary/aromatic N) is 1. The molecule has 2 unspecified atom stereocenters. The minimum absolute atomic E-state index is 0.0233. The highest BCUT2D eigenvalue weighted by Crippen LogP contribution is 2.64. The van der Waals surface area contributed by atoms with E-state index in [1.807, 2.05) is 29.2 Å². The fourth-order valence-corrected chi connectivity index (χ4v) is 8.25. The zero-order valence-electron chi connectivity index (χ0n) is 17.6. The topological polar surface area (TPSA) is 61.4 Å². The van der Waals surface area contributed by atoms with Crippen molar-refractivity contribution < 1.29 is 9.59 Å². The second-order valence-electron chi connectivity index (χ2n) is 10.3. The fraction of sp³-hybridized carbons (Fsp3) is 0.667. The summed E-state index contributed by atoms with van der Waals surface area (Å²) in [7, 11) is 0. The number of benzene rings is 1. The smallest absolute Gasteiger partial charge is 0.321 e. The number of carbonyl (C=O) groups is 2. The normalized spacial score (nSPS) is 35.0. The third-order valence-corrected chi connectivity index (χ3v) is 8.69. The molecule has 1 aliphatic heterocycles. The molecule has 4 aliphatic carbocycles. The quantitative estimate of drug-likeness (QED) is 0.547. The molecule has 4 bridgehead atoms. The van der Waals surface area contributed by atoms with Crippen molar-refractivity contribution in [3.63, 3.8) is 0 Å². The van der Waals surface area contributed by atoms with E-state index in [4.69, 9.17) is 0 Å². The Labute approximate surface area is 187 Å². The van der Waals surface area contributed by atoms with Gasteiger partial charge in [-0.1, -0.05) is 28.8 Å². The largest absolute Gasteiger partial charge is 0.326 e. The predicted octanol–water partition coefficient (Wildman–Crippen LogP) is 5.77. The lowest BCUT2D eigenvalue weighted by Crippen LogP contribution is -2.57. The summed E-state index contributed by atoms with van der Waals surface area (Å²) in [6.07, 6.45) is 11.4. The molecule has 0 radical (unpaired) electrons. The molecule has 1 aromatic rings. The van der Waals surface area contributed by atoms with E-state index in [0.29, 0.717) is 11.8 Å². The van der Waals surface area contributed by atoms with E-state index in [0.717, 1.165) is 56.6 Å². The lowest BCUT2D eigenvalue weighted by Gasteiger charge is -2.59. The number of amides is 3. The van der Waals surface area contributed by atoms with E-state index in [1.165, 1.54) is 32.1 Å². The number of carbonyl (C=O) groups excluding carboxylic acids is 2. The van der Waals surface area contributed by atoms with E-state index in [9.17, 15) is 9.59 Å². The van der Waals surface area contributed by atoms with Crippen LogP contribution in [0.1, 0.15) is 64.2 Å². The van der Waals surface area contributed by atoms with Crippen molar-refractivity contribution in [2.24, 2.45) is 17.3 Å². The summed E-state index contributed by atoms with van der Waals surface area (Å²) in [6.45, 7) is 1.66. The van der Waals surface area contributed by atoms with Gasteiger partial charge in [0.1, 0.15) is 0 Å². The maximum atomic E-state index is 13.3. The number of nitrogens with one attached hydrogen (secondary N) is 2. The summed E-state index contributed by atoms with van der Waals surface area (Å²) in [4.78, 5) is 27.7. The summed E-state index contributed by atoms with van der Waals surface area (Å²) in [5.41, 5.74) is 1.37. The molecule has 4 saturated carbocycles. The number of halogens is 1. The first-order valence-corrected chi connectivity index (χ1v) is 12.4. The molecule has 5 nitrogen and oxygen atoms in total. The van der Waals surface area contributed by atoms with Crippen LogP contribution in [-0.2, 0) is 4.79 Å². The highest BCUT2D eigenvalue weighted by Gasteiger charge is 2.59. The van der Waals surface area contributed by atoms with Crippen molar-refractivity contribution in [2.45, 2.75) is 68.5 Å². The van der Waals surface area contributed by atoms with Gasteiger partial charge >= 0.3 is 6.03 Å². The molecule has 1 saturated heterocycles. The number of anilines is 2. The van der Waals surface area contributed by atoms with Crippen LogP contribution in [0.3, 0.4) is 0 Å². The molecule has 6 rings (SSSR count). The van der Waals surface area contributed by atoms with Crippen LogP contribution in [0.5, 0.6) is 0 Å². The van der Waals surface area contributed by atoms with Crippen molar-refractivity contribution in [3.8, 4) is 0 Å². The third kappa shape index (κ3) is 4.00. The molecular weight excluding hydrogens is 442 g/mol. The molecule has 1 aromatic carbocycles. The van der Waals surface area contributed by atoms with Gasteiger partial charge in [0.15, 0.2) is 0 Å². The number of likely N-dealkylation sites (tertiary alicyclic amines) is 1. The van der Waals surface area contributed by atoms with E-state index < -0.39 is 0 Å². The highest BCUT2D eigenvalue weighted by atomic mass is 79.9. The Bertz CT molecular complexity index is 802. The van der Waals surface area contributed by atoms with Gasteiger partial charge in [-0.05, 0) is 87.5 Å². The first-order valence-electron chi connectivity index (χ1n) is 11.6. The summed E-state index contributed by atoms with van der Waals surface area (Å²) in [5, 5.41) is 6.19. The minimum atomic E-state index is -0.215. The molecule has 0 spiro atoms. The van der Waals surface area contributed by atoms with Gasteiger partial charge in [0.2, 0.25) is 5.91 Å². The number of rotatable bonds is 3. The Morgan fingerprint density at radius 3 is 2.00 bits per heavy atom. The molecule has 5 aliphatic rings. The lowest BCUT2D eigenvalue weighted by atomic mass is 9.49. The number of hydrogen-bond acceptors (Lipinski definition) is 2. The van der Waals surface area contributed by atoms with E-state index in [1.54, 1.807) is 0 Å². The first kappa shape index (κ1) is 20.3. The SMILES string of the molecule is O=C(Nc1ccc(NC(=O)C23CC4CC(CC(Br)(C4)C2)C3)cc1)N1CCCCCC1.